The number of Topliss-reactive ketones (excluding diaryl/α,β-unsaturated/α-hetero) is 2. The highest BCUT2D eigenvalue weighted by Crippen LogP contribution is 2.50. The minimum absolute atomic E-state index is 0.0796. The number of nitriles is 4. The Balaban J connectivity index is 1.24. The van der Waals surface area contributed by atoms with Gasteiger partial charge in [-0.3, -0.25) is 9.59 Å². The summed E-state index contributed by atoms with van der Waals surface area (Å²) in [5, 5.41) is 39.7. The summed E-state index contributed by atoms with van der Waals surface area (Å²) >= 11 is 4.42. The maximum Gasteiger partial charge on any atom is 0.212 e. The standard InChI is InChI=1S/C35H13N7O2S3/c1-42-22-10-24(40-28-26(16(12-36)13-37)18-6-2-4-8-20(18)31(28)43)46-33(22)35-30(42)34-23(45-35)11-25(47-34)41-29-27(17(14-38)15-39)19-7-3-5-9-21(19)32(29)44/h2-11H,1H3. The summed E-state index contributed by atoms with van der Waals surface area (Å²) in [7, 11) is 1.95. The van der Waals surface area contributed by atoms with Crippen LogP contribution in [-0.2, 0) is 7.05 Å². The number of rotatable bonds is 2. The molecule has 0 unspecified atom stereocenters. The first kappa shape index (κ1) is 28.2. The van der Waals surface area contributed by atoms with Crippen LogP contribution in [0.25, 0.3) is 41.0 Å². The zero-order valence-electron chi connectivity index (χ0n) is 23.9. The lowest BCUT2D eigenvalue weighted by Crippen LogP contribution is -2.07. The Bertz CT molecular complexity index is 2750. The molecule has 4 aromatic heterocycles. The molecule has 0 spiro atoms. The van der Waals surface area contributed by atoms with Gasteiger partial charge >= 0.3 is 0 Å². The number of hydrogen-bond donors (Lipinski definition) is 0. The predicted octanol–water partition coefficient (Wildman–Crippen LogP) is 8.21. The smallest absolute Gasteiger partial charge is 0.212 e. The van der Waals surface area contributed by atoms with Gasteiger partial charge in [0.1, 0.15) is 56.8 Å². The summed E-state index contributed by atoms with van der Waals surface area (Å²) in [5.74, 6) is -0.655. The van der Waals surface area contributed by atoms with E-state index in [9.17, 15) is 30.6 Å². The van der Waals surface area contributed by atoms with Crippen LogP contribution in [0, 0.1) is 45.3 Å². The zero-order chi connectivity index (χ0) is 32.6. The number of fused-ring (bicyclic) bond motifs is 7. The van der Waals surface area contributed by atoms with Crippen molar-refractivity contribution in [2.75, 3.05) is 0 Å². The number of aromatic nitrogens is 1. The van der Waals surface area contributed by atoms with Gasteiger partial charge < -0.3 is 4.57 Å². The fraction of sp³-hybridized carbons (Fsp3) is 0.0286. The molecular formula is C35H13N7O2S3. The fourth-order valence-corrected chi connectivity index (χ4v) is 9.86. The third kappa shape index (κ3) is 3.94. The van der Waals surface area contributed by atoms with Gasteiger partial charge in [0.25, 0.3) is 0 Å². The molecule has 0 N–H and O–H groups in total. The number of aliphatic imine (C=N–C) groups is 2. The summed E-state index contributed by atoms with van der Waals surface area (Å²) in [4.78, 5) is 36.1. The molecule has 8 rings (SSSR count). The lowest BCUT2D eigenvalue weighted by atomic mass is 10.0. The number of carbonyl (C=O) groups excluding carboxylic acids is 2. The third-order valence-corrected chi connectivity index (χ3v) is 11.6. The Morgan fingerprint density at radius 1 is 0.638 bits per heavy atom. The molecule has 0 saturated carbocycles. The maximum atomic E-state index is 13.3. The Labute approximate surface area is 277 Å². The third-order valence-electron chi connectivity index (χ3n) is 8.11. The topological polar surface area (TPSA) is 159 Å². The molecule has 6 aromatic rings. The van der Waals surface area contributed by atoms with E-state index in [1.54, 1.807) is 59.9 Å². The number of aryl methyl sites for hydroxylation is 1. The van der Waals surface area contributed by atoms with Gasteiger partial charge in [0.15, 0.2) is 0 Å². The van der Waals surface area contributed by atoms with Crippen molar-refractivity contribution in [3.8, 4) is 24.3 Å². The first-order valence-corrected chi connectivity index (χ1v) is 16.3. The molecule has 2 aliphatic carbocycles. The first-order valence-electron chi connectivity index (χ1n) is 13.9. The van der Waals surface area contributed by atoms with Crippen LogP contribution in [0.4, 0.5) is 10.0 Å². The minimum Gasteiger partial charge on any atom is -0.341 e. The normalized spacial score (nSPS) is 15.3. The summed E-state index contributed by atoms with van der Waals surface area (Å²) in [6.45, 7) is 0. The highest BCUT2D eigenvalue weighted by Gasteiger charge is 2.35. The minimum atomic E-state index is -0.328. The van der Waals surface area contributed by atoms with Crippen LogP contribution in [0.2, 0.25) is 0 Å². The van der Waals surface area contributed by atoms with Crippen molar-refractivity contribution in [1.29, 1.82) is 21.0 Å². The van der Waals surface area contributed by atoms with Crippen molar-refractivity contribution >= 4 is 108 Å². The largest absolute Gasteiger partial charge is 0.341 e. The van der Waals surface area contributed by atoms with Gasteiger partial charge in [-0.15, -0.1) is 34.0 Å². The summed E-state index contributed by atoms with van der Waals surface area (Å²) < 4.78 is 6.02. The van der Waals surface area contributed by atoms with Crippen LogP contribution in [0.5, 0.6) is 0 Å². The van der Waals surface area contributed by atoms with E-state index in [0.29, 0.717) is 32.3 Å². The summed E-state index contributed by atoms with van der Waals surface area (Å²) in [5.41, 5.74) is 4.13. The van der Waals surface area contributed by atoms with E-state index in [0.717, 1.165) is 29.8 Å². The van der Waals surface area contributed by atoms with E-state index in [1.807, 2.05) is 43.5 Å². The molecular weight excluding hydrogens is 647 g/mol. The monoisotopic (exact) mass is 659 g/mol. The lowest BCUT2D eigenvalue weighted by molar-refractivity contribution is 0.106. The Morgan fingerprint density at radius 2 is 1.11 bits per heavy atom. The molecule has 0 fully saturated rings. The second-order valence-electron chi connectivity index (χ2n) is 10.5. The van der Waals surface area contributed by atoms with Crippen LogP contribution in [0.1, 0.15) is 31.8 Å². The zero-order valence-corrected chi connectivity index (χ0v) is 26.4. The molecule has 2 aliphatic rings. The van der Waals surface area contributed by atoms with Gasteiger partial charge in [-0.2, -0.15) is 21.0 Å². The Hall–Kier alpha value is -6.28. The van der Waals surface area contributed by atoms with Gasteiger partial charge in [0, 0.05) is 29.3 Å². The summed E-state index contributed by atoms with van der Waals surface area (Å²) in [6, 6.07) is 25.2. The second-order valence-corrected chi connectivity index (χ2v) is 13.6. The number of benzene rings is 2. The predicted molar refractivity (Wildman–Crippen MR) is 184 cm³/mol. The summed E-state index contributed by atoms with van der Waals surface area (Å²) in [6.07, 6.45) is 0. The van der Waals surface area contributed by atoms with Crippen molar-refractivity contribution in [3.63, 3.8) is 0 Å². The van der Waals surface area contributed by atoms with Crippen LogP contribution >= 0.6 is 34.0 Å². The van der Waals surface area contributed by atoms with Crippen molar-refractivity contribution in [2.45, 2.75) is 0 Å². The quantitative estimate of drug-likeness (QED) is 0.170. The van der Waals surface area contributed by atoms with Gasteiger partial charge in [0.05, 0.1) is 29.8 Å². The number of hydrogen-bond acceptors (Lipinski definition) is 11. The van der Waals surface area contributed by atoms with E-state index in [4.69, 9.17) is 9.98 Å². The molecule has 0 atom stereocenters. The molecule has 0 aliphatic heterocycles. The maximum absolute atomic E-state index is 13.3. The number of carbonyl (C=O) groups is 2. The first-order chi connectivity index (χ1) is 22.9. The highest BCUT2D eigenvalue weighted by atomic mass is 32.1. The molecule has 0 saturated heterocycles. The Morgan fingerprint density at radius 3 is 1.62 bits per heavy atom. The van der Waals surface area contributed by atoms with E-state index in [2.05, 4.69) is 4.57 Å². The SMILES string of the molecule is Cn1c2cc(N=C3C(=O)c4ccccc4C3=C(C#N)C#N)sc2c2sc3cc(N=C4C(=O)c5ccccc5C4=C(C#N)C#N)sc3c21. The molecule has 12 heteroatoms. The van der Waals surface area contributed by atoms with Crippen LogP contribution in [0.15, 0.2) is 81.8 Å². The average Bonchev–Trinajstić information content (AvgIpc) is 3.91. The van der Waals surface area contributed by atoms with Crippen LogP contribution in [-0.4, -0.2) is 27.6 Å². The Kier molecular flexibility index (Phi) is 6.23. The highest BCUT2D eigenvalue weighted by molar-refractivity contribution is 7.37. The van der Waals surface area contributed by atoms with Crippen molar-refractivity contribution in [1.82, 2.24) is 4.57 Å². The molecule has 218 valence electrons. The van der Waals surface area contributed by atoms with Crippen molar-refractivity contribution < 1.29 is 9.59 Å². The van der Waals surface area contributed by atoms with Crippen LogP contribution in [0.3, 0.4) is 0 Å². The van der Waals surface area contributed by atoms with Gasteiger partial charge in [0.2, 0.25) is 11.6 Å². The van der Waals surface area contributed by atoms with E-state index < -0.39 is 0 Å². The van der Waals surface area contributed by atoms with E-state index >= 15 is 0 Å². The lowest BCUT2D eigenvalue weighted by Gasteiger charge is -2.00. The molecule has 0 radical (unpaired) electrons. The molecule has 0 amide bonds. The molecule has 9 nitrogen and oxygen atoms in total. The molecule has 0 bridgehead atoms. The van der Waals surface area contributed by atoms with Crippen molar-refractivity contribution in [3.05, 3.63) is 94.1 Å². The van der Waals surface area contributed by atoms with Gasteiger partial charge in [-0.25, -0.2) is 9.98 Å². The molecule has 4 heterocycles. The molecule has 47 heavy (non-hydrogen) atoms. The van der Waals surface area contributed by atoms with Crippen LogP contribution < -0.4 is 0 Å². The van der Waals surface area contributed by atoms with E-state index in [1.165, 1.54) is 22.7 Å². The number of ketones is 2. The molecule has 2 aromatic carbocycles. The fourth-order valence-electron chi connectivity index (χ4n) is 6.08. The second kappa shape index (κ2) is 10.4. The number of allylic oxidation sites excluding steroid dienone is 4. The van der Waals surface area contributed by atoms with E-state index in [-0.39, 0.29) is 45.3 Å². The van der Waals surface area contributed by atoms with Crippen molar-refractivity contribution in [2.24, 2.45) is 17.0 Å². The number of nitrogens with zero attached hydrogens (tertiary/aromatic N) is 7. The van der Waals surface area contributed by atoms with Gasteiger partial charge in [-0.05, 0) is 23.3 Å². The average molecular weight is 660 g/mol. The number of thiophene rings is 3. The van der Waals surface area contributed by atoms with Gasteiger partial charge in [-0.1, -0.05) is 48.5 Å².